The second-order valence-corrected chi connectivity index (χ2v) is 5.35. The van der Waals surface area contributed by atoms with E-state index in [1.54, 1.807) is 23.4 Å². The molecule has 0 bridgehead atoms. The lowest BCUT2D eigenvalue weighted by molar-refractivity contribution is -0.133. The van der Waals surface area contributed by atoms with Crippen molar-refractivity contribution in [2.75, 3.05) is 13.1 Å². The number of amides is 1. The molecular formula is C14H18N6O. The molecule has 0 atom stereocenters. The molecule has 0 unspecified atom stereocenters. The van der Waals surface area contributed by atoms with E-state index >= 15 is 0 Å². The fraction of sp³-hybridized carbons (Fsp3) is 0.500. The Morgan fingerprint density at radius 1 is 1.38 bits per heavy atom. The molecule has 0 saturated carbocycles. The standard InChI is InChI=1S/C14H18N6O/c1-11-8-15-10-16-14(11)12-2-5-19(6-3-12)13(21)9-20-7-4-17-18-20/h4,7-8,10,12H,2-3,5-6,9H2,1H3. The first-order valence-electron chi connectivity index (χ1n) is 7.12. The Hall–Kier alpha value is -2.31. The second kappa shape index (κ2) is 5.99. The van der Waals surface area contributed by atoms with Gasteiger partial charge in [-0.2, -0.15) is 0 Å². The summed E-state index contributed by atoms with van der Waals surface area (Å²) in [6, 6.07) is 0. The van der Waals surface area contributed by atoms with E-state index < -0.39 is 0 Å². The van der Waals surface area contributed by atoms with Crippen molar-refractivity contribution in [2.45, 2.75) is 32.2 Å². The van der Waals surface area contributed by atoms with E-state index in [1.807, 2.05) is 18.0 Å². The Balaban J connectivity index is 1.58. The number of piperidine rings is 1. The zero-order valence-electron chi connectivity index (χ0n) is 12.0. The highest BCUT2D eigenvalue weighted by Gasteiger charge is 2.25. The molecule has 1 aliphatic heterocycles. The lowest BCUT2D eigenvalue weighted by Gasteiger charge is -2.32. The largest absolute Gasteiger partial charge is 0.341 e. The number of aryl methyl sites for hydroxylation is 1. The zero-order chi connectivity index (χ0) is 14.7. The predicted octanol–water partition coefficient (Wildman–Crippen LogP) is 0.783. The van der Waals surface area contributed by atoms with Crippen LogP contribution >= 0.6 is 0 Å². The van der Waals surface area contributed by atoms with Crippen LogP contribution < -0.4 is 0 Å². The van der Waals surface area contributed by atoms with Crippen molar-refractivity contribution >= 4 is 5.91 Å². The molecule has 2 aromatic heterocycles. The Morgan fingerprint density at radius 3 is 2.86 bits per heavy atom. The number of hydrogen-bond donors (Lipinski definition) is 0. The molecule has 3 heterocycles. The molecule has 0 N–H and O–H groups in total. The summed E-state index contributed by atoms with van der Waals surface area (Å²) in [5.74, 6) is 0.516. The summed E-state index contributed by atoms with van der Waals surface area (Å²) in [5.41, 5.74) is 2.25. The van der Waals surface area contributed by atoms with Crippen molar-refractivity contribution in [3.63, 3.8) is 0 Å². The first-order chi connectivity index (χ1) is 10.2. The predicted molar refractivity (Wildman–Crippen MR) is 75.3 cm³/mol. The normalized spacial score (nSPS) is 16.1. The molecule has 1 aliphatic rings. The average Bonchev–Trinajstić information content (AvgIpc) is 3.01. The summed E-state index contributed by atoms with van der Waals surface area (Å²) < 4.78 is 1.56. The summed E-state index contributed by atoms with van der Waals surface area (Å²) in [5, 5.41) is 7.54. The molecular weight excluding hydrogens is 268 g/mol. The average molecular weight is 286 g/mol. The third-order valence-electron chi connectivity index (χ3n) is 3.94. The summed E-state index contributed by atoms with van der Waals surface area (Å²) >= 11 is 0. The molecule has 0 spiro atoms. The smallest absolute Gasteiger partial charge is 0.244 e. The number of aromatic nitrogens is 5. The van der Waals surface area contributed by atoms with Gasteiger partial charge in [0.1, 0.15) is 12.9 Å². The van der Waals surface area contributed by atoms with Crippen molar-refractivity contribution in [3.8, 4) is 0 Å². The number of hydrogen-bond acceptors (Lipinski definition) is 5. The van der Waals surface area contributed by atoms with Gasteiger partial charge in [-0.05, 0) is 25.3 Å². The minimum absolute atomic E-state index is 0.0957. The second-order valence-electron chi connectivity index (χ2n) is 5.35. The Bertz CT molecular complexity index is 604. The fourth-order valence-electron chi connectivity index (χ4n) is 2.79. The fourth-order valence-corrected chi connectivity index (χ4v) is 2.79. The zero-order valence-corrected chi connectivity index (χ0v) is 12.0. The summed E-state index contributed by atoms with van der Waals surface area (Å²) in [6.45, 7) is 3.83. The highest BCUT2D eigenvalue weighted by atomic mass is 16.2. The number of rotatable bonds is 3. The molecule has 21 heavy (non-hydrogen) atoms. The molecule has 7 nitrogen and oxygen atoms in total. The van der Waals surface area contributed by atoms with Crippen LogP contribution in [0, 0.1) is 6.92 Å². The van der Waals surface area contributed by atoms with E-state index in [0.29, 0.717) is 5.92 Å². The quantitative estimate of drug-likeness (QED) is 0.833. The molecule has 3 rings (SSSR count). The number of nitrogens with zero attached hydrogens (tertiary/aromatic N) is 6. The Labute approximate surface area is 123 Å². The molecule has 0 radical (unpaired) electrons. The van der Waals surface area contributed by atoms with Crippen LogP contribution in [0.4, 0.5) is 0 Å². The van der Waals surface area contributed by atoms with E-state index in [2.05, 4.69) is 20.3 Å². The summed E-state index contributed by atoms with van der Waals surface area (Å²) in [6.07, 6.45) is 8.63. The van der Waals surface area contributed by atoms with Gasteiger partial charge in [0, 0.05) is 37.1 Å². The number of carbonyl (C=O) groups excluding carboxylic acids is 1. The van der Waals surface area contributed by atoms with Gasteiger partial charge in [0.05, 0.1) is 6.20 Å². The van der Waals surface area contributed by atoms with Gasteiger partial charge in [0.2, 0.25) is 5.91 Å². The van der Waals surface area contributed by atoms with Crippen LogP contribution in [0.5, 0.6) is 0 Å². The van der Waals surface area contributed by atoms with Gasteiger partial charge < -0.3 is 4.90 Å². The maximum Gasteiger partial charge on any atom is 0.244 e. The first-order valence-corrected chi connectivity index (χ1v) is 7.12. The van der Waals surface area contributed by atoms with E-state index in [4.69, 9.17) is 0 Å². The van der Waals surface area contributed by atoms with Gasteiger partial charge in [-0.1, -0.05) is 5.21 Å². The van der Waals surface area contributed by atoms with E-state index in [0.717, 1.165) is 37.2 Å². The summed E-state index contributed by atoms with van der Waals surface area (Å²) in [4.78, 5) is 22.5. The maximum atomic E-state index is 12.2. The van der Waals surface area contributed by atoms with Gasteiger partial charge in [-0.3, -0.25) is 4.79 Å². The van der Waals surface area contributed by atoms with Crippen LogP contribution in [-0.4, -0.2) is 48.9 Å². The third-order valence-corrected chi connectivity index (χ3v) is 3.94. The van der Waals surface area contributed by atoms with Gasteiger partial charge in [0.25, 0.3) is 0 Å². The first kappa shape index (κ1) is 13.7. The van der Waals surface area contributed by atoms with E-state index in [1.165, 1.54) is 0 Å². The Morgan fingerprint density at radius 2 is 2.19 bits per heavy atom. The topological polar surface area (TPSA) is 76.8 Å². The highest BCUT2D eigenvalue weighted by Crippen LogP contribution is 2.28. The van der Waals surface area contributed by atoms with Crippen molar-refractivity contribution in [1.82, 2.24) is 29.9 Å². The molecule has 1 fully saturated rings. The van der Waals surface area contributed by atoms with Gasteiger partial charge in [0.15, 0.2) is 0 Å². The van der Waals surface area contributed by atoms with Crippen molar-refractivity contribution < 1.29 is 4.79 Å². The Kier molecular flexibility index (Phi) is 3.89. The number of likely N-dealkylation sites (tertiary alicyclic amines) is 1. The van der Waals surface area contributed by atoms with Crippen LogP contribution in [0.1, 0.15) is 30.0 Å². The molecule has 1 amide bonds. The van der Waals surface area contributed by atoms with E-state index in [9.17, 15) is 4.79 Å². The van der Waals surface area contributed by atoms with Crippen molar-refractivity contribution in [3.05, 3.63) is 36.2 Å². The van der Waals surface area contributed by atoms with Crippen LogP contribution in [0.2, 0.25) is 0 Å². The van der Waals surface area contributed by atoms with Crippen molar-refractivity contribution in [1.29, 1.82) is 0 Å². The molecule has 2 aromatic rings. The lowest BCUT2D eigenvalue weighted by Crippen LogP contribution is -2.40. The summed E-state index contributed by atoms with van der Waals surface area (Å²) in [7, 11) is 0. The molecule has 0 aliphatic carbocycles. The third kappa shape index (κ3) is 3.07. The highest BCUT2D eigenvalue weighted by molar-refractivity contribution is 5.76. The van der Waals surface area contributed by atoms with Crippen LogP contribution in [0.25, 0.3) is 0 Å². The SMILES string of the molecule is Cc1cncnc1C1CCN(C(=O)Cn2ccnn2)CC1. The molecule has 110 valence electrons. The van der Waals surface area contributed by atoms with Gasteiger partial charge in [-0.25, -0.2) is 14.6 Å². The van der Waals surface area contributed by atoms with E-state index in [-0.39, 0.29) is 12.5 Å². The molecule has 0 aromatic carbocycles. The maximum absolute atomic E-state index is 12.2. The minimum Gasteiger partial charge on any atom is -0.341 e. The van der Waals surface area contributed by atoms with Crippen LogP contribution in [0.15, 0.2) is 24.9 Å². The van der Waals surface area contributed by atoms with Gasteiger partial charge in [-0.15, -0.1) is 5.10 Å². The van der Waals surface area contributed by atoms with Crippen LogP contribution in [0.3, 0.4) is 0 Å². The monoisotopic (exact) mass is 286 g/mol. The van der Waals surface area contributed by atoms with Gasteiger partial charge >= 0.3 is 0 Å². The van der Waals surface area contributed by atoms with Crippen molar-refractivity contribution in [2.24, 2.45) is 0 Å². The molecule has 1 saturated heterocycles. The van der Waals surface area contributed by atoms with Crippen LogP contribution in [-0.2, 0) is 11.3 Å². The molecule has 7 heteroatoms. The minimum atomic E-state index is 0.0957. The lowest BCUT2D eigenvalue weighted by atomic mass is 9.91. The number of carbonyl (C=O) groups is 1.